The second-order valence-electron chi connectivity index (χ2n) is 4.45. The lowest BCUT2D eigenvalue weighted by Gasteiger charge is -2.11. The van der Waals surface area contributed by atoms with Crippen molar-refractivity contribution in [2.45, 2.75) is 19.9 Å². The van der Waals surface area contributed by atoms with Gasteiger partial charge in [0.25, 0.3) is 0 Å². The Balaban J connectivity index is 0.00000441. The van der Waals surface area contributed by atoms with Gasteiger partial charge in [0.2, 0.25) is 0 Å². The lowest BCUT2D eigenvalue weighted by Crippen LogP contribution is -2.34. The number of halogens is 1. The van der Waals surface area contributed by atoms with E-state index < -0.39 is 0 Å². The molecule has 0 saturated carbocycles. The summed E-state index contributed by atoms with van der Waals surface area (Å²) in [6.45, 7) is 4.45. The number of methoxy groups -OCH3 is 2. The van der Waals surface area contributed by atoms with Gasteiger partial charge in [-0.25, -0.2) is 4.99 Å². The van der Waals surface area contributed by atoms with Gasteiger partial charge in [-0.05, 0) is 24.1 Å². The molecule has 0 radical (unpaired) electrons. The van der Waals surface area contributed by atoms with Crippen LogP contribution in [0.15, 0.2) is 23.2 Å². The van der Waals surface area contributed by atoms with Gasteiger partial charge in [-0.1, -0.05) is 13.0 Å². The zero-order chi connectivity index (χ0) is 15.5. The summed E-state index contributed by atoms with van der Waals surface area (Å²) in [5.74, 6) is 1.86. The maximum absolute atomic E-state index is 5.76. The van der Waals surface area contributed by atoms with Gasteiger partial charge in [0, 0.05) is 13.7 Å². The Kier molecular flexibility index (Phi) is 11.7. The van der Waals surface area contributed by atoms with Gasteiger partial charge in [0.15, 0.2) is 17.5 Å². The molecule has 0 amide bonds. The lowest BCUT2D eigenvalue weighted by molar-refractivity contribution is 0.204. The minimum absolute atomic E-state index is 0. The van der Waals surface area contributed by atoms with Crippen molar-refractivity contribution in [1.29, 1.82) is 0 Å². The van der Waals surface area contributed by atoms with E-state index in [0.717, 1.165) is 17.7 Å². The number of ether oxygens (including phenoxy) is 3. The van der Waals surface area contributed by atoms with Crippen LogP contribution in [0, 0.1) is 0 Å². The summed E-state index contributed by atoms with van der Waals surface area (Å²) in [5, 5.41) is 2.97. The van der Waals surface area contributed by atoms with E-state index >= 15 is 0 Å². The fourth-order valence-corrected chi connectivity index (χ4v) is 1.66. The van der Waals surface area contributed by atoms with Crippen molar-refractivity contribution in [2.24, 2.45) is 10.7 Å². The van der Waals surface area contributed by atoms with Crippen LogP contribution in [-0.2, 0) is 11.3 Å². The highest BCUT2D eigenvalue weighted by Gasteiger charge is 2.05. The number of nitrogens with two attached hydrogens (primary N) is 1. The fourth-order valence-electron chi connectivity index (χ4n) is 1.66. The molecule has 6 nitrogen and oxygen atoms in total. The van der Waals surface area contributed by atoms with E-state index in [4.69, 9.17) is 19.9 Å². The van der Waals surface area contributed by atoms with Crippen LogP contribution in [0.1, 0.15) is 18.9 Å². The van der Waals surface area contributed by atoms with Gasteiger partial charge in [0.05, 0.1) is 26.9 Å². The van der Waals surface area contributed by atoms with E-state index in [-0.39, 0.29) is 24.0 Å². The molecule has 0 unspecified atom stereocenters. The number of nitrogens with zero attached hydrogens (tertiary/aromatic N) is 1. The number of hydrogen-bond donors (Lipinski definition) is 2. The summed E-state index contributed by atoms with van der Waals surface area (Å²) in [5.41, 5.74) is 6.76. The van der Waals surface area contributed by atoms with Crippen LogP contribution in [-0.4, -0.2) is 39.9 Å². The van der Waals surface area contributed by atoms with Crippen molar-refractivity contribution < 1.29 is 14.2 Å². The van der Waals surface area contributed by atoms with Crippen LogP contribution in [0.3, 0.4) is 0 Å². The molecule has 0 aromatic heterocycles. The summed E-state index contributed by atoms with van der Waals surface area (Å²) in [4.78, 5) is 4.26. The molecular formula is C15H26IN3O3. The predicted molar refractivity (Wildman–Crippen MR) is 99.4 cm³/mol. The van der Waals surface area contributed by atoms with Gasteiger partial charge in [-0.2, -0.15) is 0 Å². The Morgan fingerprint density at radius 3 is 2.64 bits per heavy atom. The Morgan fingerprint density at radius 1 is 1.23 bits per heavy atom. The highest BCUT2D eigenvalue weighted by Crippen LogP contribution is 2.28. The zero-order valence-electron chi connectivity index (χ0n) is 13.4. The molecule has 0 bridgehead atoms. The molecule has 1 aromatic carbocycles. The Labute approximate surface area is 149 Å². The molecule has 0 aliphatic heterocycles. The molecule has 0 heterocycles. The van der Waals surface area contributed by atoms with Crippen molar-refractivity contribution >= 4 is 29.9 Å². The maximum atomic E-state index is 5.76. The van der Waals surface area contributed by atoms with E-state index in [1.54, 1.807) is 14.2 Å². The molecule has 0 aliphatic rings. The third-order valence-electron chi connectivity index (χ3n) is 2.73. The van der Waals surface area contributed by atoms with Crippen molar-refractivity contribution in [1.82, 2.24) is 5.32 Å². The molecule has 0 aliphatic carbocycles. The zero-order valence-corrected chi connectivity index (χ0v) is 15.8. The summed E-state index contributed by atoms with van der Waals surface area (Å²) >= 11 is 0. The van der Waals surface area contributed by atoms with E-state index in [1.165, 1.54) is 0 Å². The molecule has 1 aromatic rings. The van der Waals surface area contributed by atoms with E-state index in [1.807, 2.05) is 18.2 Å². The molecule has 3 N–H and O–H groups in total. The summed E-state index contributed by atoms with van der Waals surface area (Å²) in [6, 6.07) is 5.77. The van der Waals surface area contributed by atoms with Gasteiger partial charge in [-0.15, -0.1) is 24.0 Å². The quantitative estimate of drug-likeness (QED) is 0.276. The fraction of sp³-hybridized carbons (Fsp3) is 0.533. The average molecular weight is 423 g/mol. The first kappa shape index (κ1) is 20.8. The first-order chi connectivity index (χ1) is 10.2. The SMILES string of the molecule is CCCOc1ccc(CN=C(N)NCCOC)cc1OC.I. The van der Waals surface area contributed by atoms with Crippen LogP contribution in [0.4, 0.5) is 0 Å². The first-order valence-electron chi connectivity index (χ1n) is 7.03. The smallest absolute Gasteiger partial charge is 0.188 e. The highest BCUT2D eigenvalue weighted by atomic mass is 127. The number of benzene rings is 1. The number of nitrogens with one attached hydrogen (secondary N) is 1. The molecule has 0 fully saturated rings. The Bertz CT molecular complexity index is 456. The molecule has 0 saturated heterocycles. The van der Waals surface area contributed by atoms with Crippen LogP contribution in [0.2, 0.25) is 0 Å². The monoisotopic (exact) mass is 423 g/mol. The standard InChI is InChI=1S/C15H25N3O3.HI/c1-4-8-21-13-6-5-12(10-14(13)20-3)11-18-15(16)17-7-9-19-2;/h5-6,10H,4,7-9,11H2,1-3H3,(H3,16,17,18);1H. The predicted octanol–water partition coefficient (Wildman–Crippen LogP) is 2.15. The van der Waals surface area contributed by atoms with Crippen molar-refractivity contribution in [3.05, 3.63) is 23.8 Å². The number of rotatable bonds is 9. The second-order valence-corrected chi connectivity index (χ2v) is 4.45. The minimum atomic E-state index is 0. The highest BCUT2D eigenvalue weighted by molar-refractivity contribution is 14.0. The van der Waals surface area contributed by atoms with Crippen molar-refractivity contribution in [2.75, 3.05) is 34.0 Å². The lowest BCUT2D eigenvalue weighted by atomic mass is 10.2. The van der Waals surface area contributed by atoms with Crippen molar-refractivity contribution in [3.8, 4) is 11.5 Å². The first-order valence-corrected chi connectivity index (χ1v) is 7.03. The Hall–Kier alpha value is -1.22. The number of hydrogen-bond acceptors (Lipinski definition) is 4. The minimum Gasteiger partial charge on any atom is -0.493 e. The topological polar surface area (TPSA) is 78.1 Å². The normalized spacial score (nSPS) is 10.8. The van der Waals surface area contributed by atoms with E-state index in [2.05, 4.69) is 17.2 Å². The van der Waals surface area contributed by atoms with E-state index in [9.17, 15) is 0 Å². The average Bonchev–Trinajstić information content (AvgIpc) is 2.51. The molecule has 0 atom stereocenters. The number of guanidine groups is 1. The Morgan fingerprint density at radius 2 is 2.00 bits per heavy atom. The number of aliphatic imine (C=N–C) groups is 1. The molecule has 1 rings (SSSR count). The molecule has 7 heteroatoms. The van der Waals surface area contributed by atoms with Crippen LogP contribution >= 0.6 is 24.0 Å². The third-order valence-corrected chi connectivity index (χ3v) is 2.73. The summed E-state index contributed by atoms with van der Waals surface area (Å²) in [6.07, 6.45) is 0.957. The van der Waals surface area contributed by atoms with Gasteiger partial charge in [-0.3, -0.25) is 0 Å². The molecule has 0 spiro atoms. The second kappa shape index (κ2) is 12.3. The molecular weight excluding hydrogens is 397 g/mol. The van der Waals surface area contributed by atoms with Crippen LogP contribution in [0.5, 0.6) is 11.5 Å². The molecule has 22 heavy (non-hydrogen) atoms. The molecule has 126 valence electrons. The maximum Gasteiger partial charge on any atom is 0.188 e. The summed E-state index contributed by atoms with van der Waals surface area (Å²) < 4.78 is 15.9. The van der Waals surface area contributed by atoms with Crippen LogP contribution in [0.25, 0.3) is 0 Å². The van der Waals surface area contributed by atoms with Crippen LogP contribution < -0.4 is 20.5 Å². The van der Waals surface area contributed by atoms with Gasteiger partial charge in [0.1, 0.15) is 0 Å². The largest absolute Gasteiger partial charge is 0.493 e. The van der Waals surface area contributed by atoms with Crippen molar-refractivity contribution in [3.63, 3.8) is 0 Å². The van der Waals surface area contributed by atoms with E-state index in [0.29, 0.717) is 38.0 Å². The summed E-state index contributed by atoms with van der Waals surface area (Å²) in [7, 11) is 3.27. The van der Waals surface area contributed by atoms with Gasteiger partial charge < -0.3 is 25.3 Å². The van der Waals surface area contributed by atoms with Gasteiger partial charge >= 0.3 is 0 Å². The third kappa shape index (κ3) is 7.69.